The Morgan fingerprint density at radius 3 is 2.58 bits per heavy atom. The molecule has 3 heteroatoms. The fourth-order valence-electron chi connectivity index (χ4n) is 4.87. The Morgan fingerprint density at radius 1 is 1.21 bits per heavy atom. The minimum absolute atomic E-state index is 0.0624. The molecule has 1 saturated carbocycles. The van der Waals surface area contributed by atoms with E-state index in [2.05, 4.69) is 43.4 Å². The van der Waals surface area contributed by atoms with Gasteiger partial charge in [-0.25, -0.2) is 0 Å². The molecule has 2 aliphatic rings. The maximum absolute atomic E-state index is 12.3. The molecule has 0 saturated heterocycles. The Hall–Kier alpha value is -1.35. The van der Waals surface area contributed by atoms with Crippen LogP contribution in [0.2, 0.25) is 0 Å². The molecule has 1 heterocycles. The predicted molar refractivity (Wildman–Crippen MR) is 97.4 cm³/mol. The van der Waals surface area contributed by atoms with Gasteiger partial charge in [0, 0.05) is 24.8 Å². The molecule has 0 radical (unpaired) electrons. The molecule has 2 unspecified atom stereocenters. The van der Waals surface area contributed by atoms with Crippen molar-refractivity contribution in [1.29, 1.82) is 0 Å². The molecule has 0 aromatic heterocycles. The van der Waals surface area contributed by atoms with Crippen molar-refractivity contribution in [3.05, 3.63) is 35.4 Å². The average molecular weight is 330 g/mol. The number of carbonyl (C=O) groups is 1. The van der Waals surface area contributed by atoms with Crippen LogP contribution in [0.25, 0.3) is 0 Å². The Morgan fingerprint density at radius 2 is 1.92 bits per heavy atom. The van der Waals surface area contributed by atoms with Gasteiger partial charge in [0.25, 0.3) is 0 Å². The lowest BCUT2D eigenvalue weighted by Gasteiger charge is -2.44. The van der Waals surface area contributed by atoms with Crippen LogP contribution in [0.3, 0.4) is 0 Å². The van der Waals surface area contributed by atoms with Crippen LogP contribution in [0.15, 0.2) is 24.3 Å². The van der Waals surface area contributed by atoms with Gasteiger partial charge in [-0.3, -0.25) is 4.79 Å². The molecule has 1 aromatic carbocycles. The van der Waals surface area contributed by atoms with Crippen LogP contribution in [-0.2, 0) is 11.2 Å². The molecule has 1 amide bonds. The van der Waals surface area contributed by atoms with Crippen molar-refractivity contribution in [3.63, 3.8) is 0 Å². The van der Waals surface area contributed by atoms with Crippen molar-refractivity contribution >= 4 is 5.91 Å². The van der Waals surface area contributed by atoms with Gasteiger partial charge in [0.05, 0.1) is 5.92 Å². The van der Waals surface area contributed by atoms with Crippen molar-refractivity contribution in [3.8, 4) is 0 Å². The first kappa shape index (κ1) is 17.5. The largest absolute Gasteiger partial charge is 0.369 e. The highest BCUT2D eigenvalue weighted by atomic mass is 16.1. The van der Waals surface area contributed by atoms with Crippen molar-refractivity contribution < 1.29 is 10.1 Å². The van der Waals surface area contributed by atoms with Gasteiger partial charge < -0.3 is 11.1 Å². The van der Waals surface area contributed by atoms with Crippen LogP contribution in [0.1, 0.15) is 76.0 Å². The maximum atomic E-state index is 12.3. The SMILES string of the molecule is CC(C)CCC(C(N)=O)C1[NH2+]C2(CCCCC2)Cc2ccccc21. The van der Waals surface area contributed by atoms with E-state index < -0.39 is 0 Å². The van der Waals surface area contributed by atoms with Crippen molar-refractivity contribution in [2.75, 3.05) is 0 Å². The van der Waals surface area contributed by atoms with Crippen molar-refractivity contribution in [2.45, 2.75) is 76.8 Å². The number of hydrogen-bond donors (Lipinski definition) is 2. The molecule has 2 atom stereocenters. The number of amides is 1. The number of rotatable bonds is 5. The minimum Gasteiger partial charge on any atom is -0.369 e. The monoisotopic (exact) mass is 329 g/mol. The van der Waals surface area contributed by atoms with Gasteiger partial charge in [-0.1, -0.05) is 44.5 Å². The van der Waals surface area contributed by atoms with Crippen molar-refractivity contribution in [2.24, 2.45) is 17.6 Å². The van der Waals surface area contributed by atoms with E-state index in [4.69, 9.17) is 5.73 Å². The summed E-state index contributed by atoms with van der Waals surface area (Å²) in [6.07, 6.45) is 9.65. The molecule has 4 N–H and O–H groups in total. The Balaban J connectivity index is 1.92. The number of nitrogens with two attached hydrogens (primary N) is 2. The summed E-state index contributed by atoms with van der Waals surface area (Å²) in [6.45, 7) is 4.44. The van der Waals surface area contributed by atoms with Gasteiger partial charge >= 0.3 is 0 Å². The Bertz CT molecular complexity index is 575. The maximum Gasteiger partial charge on any atom is 0.226 e. The molecule has 1 spiro atoms. The molecule has 24 heavy (non-hydrogen) atoms. The summed E-state index contributed by atoms with van der Waals surface area (Å²) in [6, 6.07) is 8.94. The van der Waals surface area contributed by atoms with Gasteiger partial charge in [0.15, 0.2) is 0 Å². The lowest BCUT2D eigenvalue weighted by molar-refractivity contribution is -0.773. The average Bonchev–Trinajstić information content (AvgIpc) is 2.55. The number of primary amides is 1. The highest BCUT2D eigenvalue weighted by Crippen LogP contribution is 2.37. The van der Waals surface area contributed by atoms with E-state index in [0.717, 1.165) is 19.3 Å². The first-order valence-electron chi connectivity index (χ1n) is 9.74. The van der Waals surface area contributed by atoms with Crippen LogP contribution < -0.4 is 11.1 Å². The van der Waals surface area contributed by atoms with E-state index in [-0.39, 0.29) is 17.9 Å². The molecule has 1 aromatic rings. The normalized spacial score (nSPS) is 23.9. The number of benzene rings is 1. The quantitative estimate of drug-likeness (QED) is 0.857. The third-order valence-electron chi connectivity index (χ3n) is 6.19. The molecule has 1 aliphatic carbocycles. The second-order valence-corrected chi connectivity index (χ2v) is 8.47. The molecule has 3 rings (SSSR count). The van der Waals surface area contributed by atoms with Gasteiger partial charge in [-0.2, -0.15) is 0 Å². The Kier molecular flexibility index (Phi) is 5.29. The Labute approximate surface area is 146 Å². The first-order chi connectivity index (χ1) is 11.5. The molecule has 3 nitrogen and oxygen atoms in total. The third kappa shape index (κ3) is 3.66. The summed E-state index contributed by atoms with van der Waals surface area (Å²) in [5, 5.41) is 2.55. The van der Waals surface area contributed by atoms with Gasteiger partial charge in [0.1, 0.15) is 11.6 Å². The molecular weight excluding hydrogens is 296 g/mol. The summed E-state index contributed by atoms with van der Waals surface area (Å²) < 4.78 is 0. The highest BCUT2D eigenvalue weighted by Gasteiger charge is 2.46. The summed E-state index contributed by atoms with van der Waals surface area (Å²) >= 11 is 0. The van der Waals surface area contributed by atoms with E-state index in [1.165, 1.54) is 43.2 Å². The van der Waals surface area contributed by atoms with Crippen LogP contribution in [0, 0.1) is 11.8 Å². The summed E-state index contributed by atoms with van der Waals surface area (Å²) in [5.74, 6) is 0.418. The van der Waals surface area contributed by atoms with Gasteiger partial charge in [-0.05, 0) is 37.2 Å². The smallest absolute Gasteiger partial charge is 0.226 e. The van der Waals surface area contributed by atoms with Crippen LogP contribution >= 0.6 is 0 Å². The minimum atomic E-state index is -0.125. The fraction of sp³-hybridized carbons (Fsp3) is 0.667. The number of fused-ring (bicyclic) bond motifs is 1. The summed E-state index contributed by atoms with van der Waals surface area (Å²) in [4.78, 5) is 12.3. The van der Waals surface area contributed by atoms with E-state index in [1.54, 1.807) is 0 Å². The molecular formula is C21H33N2O+. The van der Waals surface area contributed by atoms with Crippen LogP contribution in [-0.4, -0.2) is 11.4 Å². The molecule has 0 bridgehead atoms. The zero-order valence-corrected chi connectivity index (χ0v) is 15.3. The standard InChI is InChI=1S/C21H32N2O/c1-15(2)10-11-18(20(22)24)19-17-9-5-4-8-16(17)14-21(23-19)12-6-3-7-13-21/h4-5,8-9,15,18-19,23H,3,6-7,10-14H2,1-2H3,(H2,22,24)/p+1. The van der Waals surface area contributed by atoms with Crippen LogP contribution in [0.5, 0.6) is 0 Å². The second-order valence-electron chi connectivity index (χ2n) is 8.47. The molecule has 1 aliphatic heterocycles. The van der Waals surface area contributed by atoms with E-state index in [0.29, 0.717) is 11.5 Å². The number of carbonyl (C=O) groups excluding carboxylic acids is 1. The second kappa shape index (κ2) is 7.26. The van der Waals surface area contributed by atoms with E-state index in [9.17, 15) is 4.79 Å². The summed E-state index contributed by atoms with van der Waals surface area (Å²) in [5.41, 5.74) is 8.96. The predicted octanol–water partition coefficient (Wildman–Crippen LogP) is 3.09. The zero-order valence-electron chi connectivity index (χ0n) is 15.3. The zero-order chi connectivity index (χ0) is 17.2. The first-order valence-corrected chi connectivity index (χ1v) is 9.74. The van der Waals surface area contributed by atoms with Crippen molar-refractivity contribution in [1.82, 2.24) is 0 Å². The van der Waals surface area contributed by atoms with Crippen LogP contribution in [0.4, 0.5) is 0 Å². The lowest BCUT2D eigenvalue weighted by atomic mass is 9.70. The third-order valence-corrected chi connectivity index (χ3v) is 6.19. The molecule has 1 fully saturated rings. The topological polar surface area (TPSA) is 59.7 Å². The summed E-state index contributed by atoms with van der Waals surface area (Å²) in [7, 11) is 0. The highest BCUT2D eigenvalue weighted by molar-refractivity contribution is 5.77. The van der Waals surface area contributed by atoms with E-state index in [1.807, 2.05) is 0 Å². The van der Waals surface area contributed by atoms with Gasteiger partial charge in [0.2, 0.25) is 5.91 Å². The number of quaternary nitrogens is 1. The van der Waals surface area contributed by atoms with Gasteiger partial charge in [-0.15, -0.1) is 0 Å². The molecule has 132 valence electrons. The van der Waals surface area contributed by atoms with E-state index >= 15 is 0 Å². The lowest BCUT2D eigenvalue weighted by Crippen LogP contribution is -3.00. The number of hydrogen-bond acceptors (Lipinski definition) is 1. The fourth-order valence-corrected chi connectivity index (χ4v) is 4.87.